The lowest BCUT2D eigenvalue weighted by atomic mass is 9.87. The second-order valence-corrected chi connectivity index (χ2v) is 11.9. The van der Waals surface area contributed by atoms with Gasteiger partial charge < -0.3 is 9.16 Å². The molecule has 3 atom stereocenters. The van der Waals surface area contributed by atoms with Crippen LogP contribution < -0.4 is 0 Å². The minimum Gasteiger partial charge on any atom is -0.409 e. The van der Waals surface area contributed by atoms with E-state index in [-0.39, 0.29) is 10.6 Å². The van der Waals surface area contributed by atoms with Gasteiger partial charge in [0.25, 0.3) is 0 Å². The van der Waals surface area contributed by atoms with Gasteiger partial charge in [-0.1, -0.05) is 20.8 Å². The fourth-order valence-corrected chi connectivity index (χ4v) is 4.23. The van der Waals surface area contributed by atoms with Gasteiger partial charge in [0.05, 0.1) is 11.7 Å². The number of fused-ring (bicyclic) bond motifs is 1. The van der Waals surface area contributed by atoms with Crippen LogP contribution in [0.5, 0.6) is 0 Å². The smallest absolute Gasteiger partial charge is 0.192 e. The highest BCUT2D eigenvalue weighted by Crippen LogP contribution is 2.49. The van der Waals surface area contributed by atoms with E-state index in [0.717, 1.165) is 0 Å². The Labute approximate surface area is 101 Å². The molecule has 1 saturated heterocycles. The maximum absolute atomic E-state index is 6.60. The molecule has 1 aliphatic heterocycles. The molecule has 94 valence electrons. The van der Waals surface area contributed by atoms with Gasteiger partial charge in [-0.05, 0) is 44.3 Å². The maximum Gasteiger partial charge on any atom is 0.192 e. The first-order valence-corrected chi connectivity index (χ1v) is 9.42. The van der Waals surface area contributed by atoms with Crippen molar-refractivity contribution in [3.8, 4) is 0 Å². The average Bonchev–Trinajstić information content (AvgIpc) is 2.80. The second kappa shape index (κ2) is 3.56. The van der Waals surface area contributed by atoms with E-state index in [1.54, 1.807) is 0 Å². The maximum atomic E-state index is 6.60. The summed E-state index contributed by atoms with van der Waals surface area (Å²) in [6.45, 7) is 13.8. The Hall–Kier alpha value is 0.137. The SMILES string of the molecule is CC(C)(C)[Si](C)(C)O[C@]1(C)CCC[C@H]2O[C@H]21. The van der Waals surface area contributed by atoms with E-state index in [1.165, 1.54) is 19.3 Å². The molecule has 1 saturated carbocycles. The lowest BCUT2D eigenvalue weighted by Crippen LogP contribution is -2.52. The molecule has 0 bridgehead atoms. The van der Waals surface area contributed by atoms with Crippen LogP contribution in [0.15, 0.2) is 0 Å². The first-order chi connectivity index (χ1) is 7.16. The molecular formula is C13H26O2Si. The van der Waals surface area contributed by atoms with Gasteiger partial charge in [-0.15, -0.1) is 0 Å². The van der Waals surface area contributed by atoms with Crippen LogP contribution in [0.1, 0.15) is 47.0 Å². The van der Waals surface area contributed by atoms with E-state index in [1.807, 2.05) is 0 Å². The van der Waals surface area contributed by atoms with E-state index in [9.17, 15) is 0 Å². The molecule has 2 nitrogen and oxygen atoms in total. The van der Waals surface area contributed by atoms with E-state index in [0.29, 0.717) is 12.2 Å². The summed E-state index contributed by atoms with van der Waals surface area (Å²) in [6.07, 6.45) is 4.55. The summed E-state index contributed by atoms with van der Waals surface area (Å²) >= 11 is 0. The summed E-state index contributed by atoms with van der Waals surface area (Å²) in [5.41, 5.74) is -0.00802. The highest BCUT2D eigenvalue weighted by atomic mass is 28.4. The van der Waals surface area contributed by atoms with Crippen LogP contribution in [0.2, 0.25) is 18.1 Å². The Morgan fingerprint density at radius 1 is 1.31 bits per heavy atom. The molecule has 0 aromatic carbocycles. The fraction of sp³-hybridized carbons (Fsp3) is 1.00. The summed E-state index contributed by atoms with van der Waals surface area (Å²) in [5.74, 6) is 0. The zero-order valence-electron chi connectivity index (χ0n) is 11.6. The Kier molecular flexibility index (Phi) is 2.80. The summed E-state index contributed by atoms with van der Waals surface area (Å²) < 4.78 is 12.3. The standard InChI is InChI=1S/C13H26O2Si/c1-12(2,3)16(5,6)15-13(4)9-7-8-10-11(13)14-10/h10-11H,7-9H2,1-6H3/t10-,11-,13-/m1/s1. The largest absolute Gasteiger partial charge is 0.409 e. The van der Waals surface area contributed by atoms with Crippen molar-refractivity contribution in [2.45, 2.75) is 82.9 Å². The van der Waals surface area contributed by atoms with Gasteiger partial charge in [0.2, 0.25) is 0 Å². The van der Waals surface area contributed by atoms with Crippen molar-refractivity contribution < 1.29 is 9.16 Å². The molecule has 0 radical (unpaired) electrons. The third-order valence-electron chi connectivity index (χ3n) is 4.64. The molecule has 0 spiro atoms. The van der Waals surface area contributed by atoms with Crippen LogP contribution in [0.4, 0.5) is 0 Å². The van der Waals surface area contributed by atoms with Gasteiger partial charge in [0, 0.05) is 0 Å². The highest BCUT2D eigenvalue weighted by molar-refractivity contribution is 6.74. The minimum absolute atomic E-state index is 0.00802. The second-order valence-electron chi connectivity index (χ2n) is 7.16. The Morgan fingerprint density at radius 2 is 1.94 bits per heavy atom. The fourth-order valence-electron chi connectivity index (χ4n) is 2.54. The summed E-state index contributed by atoms with van der Waals surface area (Å²) in [7, 11) is -1.66. The number of hydrogen-bond acceptors (Lipinski definition) is 2. The van der Waals surface area contributed by atoms with Crippen LogP contribution in [0.3, 0.4) is 0 Å². The van der Waals surface area contributed by atoms with Crippen molar-refractivity contribution in [3.05, 3.63) is 0 Å². The van der Waals surface area contributed by atoms with Crippen molar-refractivity contribution in [3.63, 3.8) is 0 Å². The van der Waals surface area contributed by atoms with Crippen molar-refractivity contribution in [1.29, 1.82) is 0 Å². The predicted octanol–water partition coefficient (Wildman–Crippen LogP) is 3.72. The normalized spacial score (nSPS) is 39.4. The van der Waals surface area contributed by atoms with Gasteiger partial charge in [-0.3, -0.25) is 0 Å². The van der Waals surface area contributed by atoms with E-state index >= 15 is 0 Å². The molecule has 0 aromatic rings. The van der Waals surface area contributed by atoms with E-state index in [4.69, 9.17) is 9.16 Å². The third kappa shape index (κ3) is 2.09. The van der Waals surface area contributed by atoms with Gasteiger partial charge in [-0.25, -0.2) is 0 Å². The van der Waals surface area contributed by atoms with Gasteiger partial charge in [-0.2, -0.15) is 0 Å². The van der Waals surface area contributed by atoms with Gasteiger partial charge >= 0.3 is 0 Å². The van der Waals surface area contributed by atoms with Crippen molar-refractivity contribution in [2.24, 2.45) is 0 Å². The molecule has 1 heterocycles. The number of hydrogen-bond donors (Lipinski definition) is 0. The molecule has 16 heavy (non-hydrogen) atoms. The lowest BCUT2D eigenvalue weighted by molar-refractivity contribution is 0.0294. The third-order valence-corrected chi connectivity index (χ3v) is 9.23. The Balaban J connectivity index is 2.08. The van der Waals surface area contributed by atoms with Crippen LogP contribution in [0.25, 0.3) is 0 Å². The predicted molar refractivity (Wildman–Crippen MR) is 69.2 cm³/mol. The van der Waals surface area contributed by atoms with Crippen LogP contribution in [-0.4, -0.2) is 26.1 Å². The van der Waals surface area contributed by atoms with Gasteiger partial charge in [0.15, 0.2) is 8.32 Å². The molecule has 0 aromatic heterocycles. The monoisotopic (exact) mass is 242 g/mol. The molecule has 0 amide bonds. The zero-order chi connectivity index (χ0) is 12.2. The molecule has 2 aliphatic rings. The van der Waals surface area contributed by atoms with Crippen molar-refractivity contribution >= 4 is 8.32 Å². The number of ether oxygens (including phenoxy) is 1. The zero-order valence-corrected chi connectivity index (χ0v) is 12.6. The number of epoxide rings is 1. The summed E-state index contributed by atoms with van der Waals surface area (Å²) in [5, 5.41) is 0.290. The molecule has 3 heteroatoms. The summed E-state index contributed by atoms with van der Waals surface area (Å²) in [6, 6.07) is 0. The first kappa shape index (κ1) is 12.6. The molecule has 1 aliphatic carbocycles. The average molecular weight is 242 g/mol. The van der Waals surface area contributed by atoms with E-state index < -0.39 is 8.32 Å². The van der Waals surface area contributed by atoms with Crippen LogP contribution >= 0.6 is 0 Å². The Bertz CT molecular complexity index is 282. The van der Waals surface area contributed by atoms with E-state index in [2.05, 4.69) is 40.8 Å². The molecular weight excluding hydrogens is 216 g/mol. The molecule has 0 N–H and O–H groups in total. The topological polar surface area (TPSA) is 21.8 Å². The molecule has 2 rings (SSSR count). The Morgan fingerprint density at radius 3 is 2.50 bits per heavy atom. The lowest BCUT2D eigenvalue weighted by Gasteiger charge is -2.44. The van der Waals surface area contributed by atoms with Crippen LogP contribution in [-0.2, 0) is 9.16 Å². The minimum atomic E-state index is -1.66. The van der Waals surface area contributed by atoms with Gasteiger partial charge in [0.1, 0.15) is 6.10 Å². The highest BCUT2D eigenvalue weighted by Gasteiger charge is 2.57. The van der Waals surface area contributed by atoms with Crippen molar-refractivity contribution in [2.75, 3.05) is 0 Å². The quantitative estimate of drug-likeness (QED) is 0.544. The summed E-state index contributed by atoms with van der Waals surface area (Å²) in [4.78, 5) is 0. The van der Waals surface area contributed by atoms with Crippen LogP contribution in [0, 0.1) is 0 Å². The first-order valence-electron chi connectivity index (χ1n) is 6.51. The molecule has 2 fully saturated rings. The molecule has 0 unspecified atom stereocenters. The van der Waals surface area contributed by atoms with Crippen molar-refractivity contribution in [1.82, 2.24) is 0 Å². The number of rotatable bonds is 2.